The van der Waals surface area contributed by atoms with Crippen molar-refractivity contribution in [2.75, 3.05) is 14.2 Å². The normalized spacial score (nSPS) is 11.2. The number of para-hydroxylation sites is 2. The number of ether oxygens (including phenoxy) is 4. The number of esters is 2. The molecule has 0 amide bonds. The lowest BCUT2D eigenvalue weighted by atomic mass is 9.90. The van der Waals surface area contributed by atoms with Gasteiger partial charge in [0.2, 0.25) is 0 Å². The molecule has 242 valence electrons. The number of rotatable bonds is 7. The van der Waals surface area contributed by atoms with Gasteiger partial charge in [0.05, 0.1) is 47.4 Å². The second kappa shape index (κ2) is 12.7. The SMILES string of the molecule is COc1ccc(C(=O)Oc2ccc3nc4ccccc4c(-c4c5ccccc5nc5ccc(OC(=O)c6ccc(OC)cc6)cc45)c3c2)cc1. The van der Waals surface area contributed by atoms with Crippen molar-refractivity contribution >= 4 is 55.6 Å². The third-order valence-electron chi connectivity index (χ3n) is 8.63. The molecule has 8 heteroatoms. The van der Waals surface area contributed by atoms with Crippen LogP contribution in [0.15, 0.2) is 133 Å². The lowest BCUT2D eigenvalue weighted by molar-refractivity contribution is 0.0725. The molecule has 8 aromatic rings. The summed E-state index contributed by atoms with van der Waals surface area (Å²) in [6, 6.07) is 40.3. The molecule has 0 aliphatic heterocycles. The second-order valence-corrected chi connectivity index (χ2v) is 11.6. The number of fused-ring (bicyclic) bond motifs is 4. The minimum atomic E-state index is -0.495. The molecule has 2 aromatic heterocycles. The Labute approximate surface area is 286 Å². The predicted molar refractivity (Wildman–Crippen MR) is 193 cm³/mol. The van der Waals surface area contributed by atoms with Crippen molar-refractivity contribution in [3.63, 3.8) is 0 Å². The molecule has 0 aliphatic rings. The second-order valence-electron chi connectivity index (χ2n) is 11.6. The fourth-order valence-electron chi connectivity index (χ4n) is 6.19. The first-order valence-corrected chi connectivity index (χ1v) is 15.9. The van der Waals surface area contributed by atoms with E-state index in [0.29, 0.717) is 34.1 Å². The van der Waals surface area contributed by atoms with Gasteiger partial charge in [0.1, 0.15) is 23.0 Å². The van der Waals surface area contributed by atoms with Crippen molar-refractivity contribution in [3.05, 3.63) is 145 Å². The Balaban J connectivity index is 1.32. The fraction of sp³-hybridized carbons (Fsp3) is 0.0476. The van der Waals surface area contributed by atoms with Gasteiger partial charge < -0.3 is 18.9 Å². The summed E-state index contributed by atoms with van der Waals surface area (Å²) in [6.45, 7) is 0. The van der Waals surface area contributed by atoms with Gasteiger partial charge in [-0.25, -0.2) is 19.6 Å². The van der Waals surface area contributed by atoms with E-state index in [0.717, 1.165) is 54.7 Å². The average Bonchev–Trinajstić information content (AvgIpc) is 3.16. The maximum Gasteiger partial charge on any atom is 0.343 e. The number of aromatic nitrogens is 2. The summed E-state index contributed by atoms with van der Waals surface area (Å²) in [6.07, 6.45) is 0. The van der Waals surface area contributed by atoms with E-state index >= 15 is 0 Å². The maximum absolute atomic E-state index is 13.2. The summed E-state index contributed by atoms with van der Waals surface area (Å²) >= 11 is 0. The standard InChI is InChI=1S/C42H28N2O6/c1-47-27-15-11-25(12-16-27)41(45)49-29-19-21-37-33(23-29)39(31-7-3-5-9-35(31)43-37)40-32-8-4-6-10-36(32)44-38-22-20-30(24-34(38)40)50-42(46)26-13-17-28(48-2)18-14-26/h3-24H,1-2H3. The van der Waals surface area contributed by atoms with Crippen LogP contribution in [0.3, 0.4) is 0 Å². The molecule has 0 spiro atoms. The highest BCUT2D eigenvalue weighted by atomic mass is 16.5. The highest BCUT2D eigenvalue weighted by molar-refractivity contribution is 6.21. The van der Waals surface area contributed by atoms with Crippen molar-refractivity contribution in [3.8, 4) is 34.1 Å². The van der Waals surface area contributed by atoms with Crippen molar-refractivity contribution in [1.82, 2.24) is 9.97 Å². The molecular formula is C42H28N2O6. The van der Waals surface area contributed by atoms with E-state index in [2.05, 4.69) is 0 Å². The van der Waals surface area contributed by atoms with Gasteiger partial charge in [0.25, 0.3) is 0 Å². The molecule has 0 N–H and O–H groups in total. The first-order valence-electron chi connectivity index (χ1n) is 15.9. The molecule has 0 bridgehead atoms. The van der Waals surface area contributed by atoms with Gasteiger partial charge in [-0.3, -0.25) is 0 Å². The number of carbonyl (C=O) groups is 2. The van der Waals surface area contributed by atoms with Crippen LogP contribution in [0.4, 0.5) is 0 Å². The van der Waals surface area contributed by atoms with E-state index < -0.39 is 11.9 Å². The molecule has 0 atom stereocenters. The number of nitrogens with zero attached hydrogens (tertiary/aromatic N) is 2. The molecule has 0 unspecified atom stereocenters. The Morgan fingerprint density at radius 2 is 0.780 bits per heavy atom. The van der Waals surface area contributed by atoms with Gasteiger partial charge >= 0.3 is 11.9 Å². The minimum Gasteiger partial charge on any atom is -0.497 e. The zero-order chi connectivity index (χ0) is 34.2. The summed E-state index contributed by atoms with van der Waals surface area (Å²) in [5.41, 5.74) is 5.60. The van der Waals surface area contributed by atoms with Crippen LogP contribution in [0.2, 0.25) is 0 Å². The van der Waals surface area contributed by atoms with Crippen LogP contribution in [-0.4, -0.2) is 36.1 Å². The number of hydrogen-bond acceptors (Lipinski definition) is 8. The summed E-state index contributed by atoms with van der Waals surface area (Å²) in [7, 11) is 3.14. The van der Waals surface area contributed by atoms with Crippen molar-refractivity contribution in [2.45, 2.75) is 0 Å². The summed E-state index contributed by atoms with van der Waals surface area (Å²) < 4.78 is 22.2. The van der Waals surface area contributed by atoms with Gasteiger partial charge in [-0.15, -0.1) is 0 Å². The van der Waals surface area contributed by atoms with Crippen LogP contribution in [-0.2, 0) is 0 Å². The Bertz CT molecular complexity index is 2420. The molecule has 2 heterocycles. The van der Waals surface area contributed by atoms with Gasteiger partial charge in [-0.1, -0.05) is 36.4 Å². The lowest BCUT2D eigenvalue weighted by Crippen LogP contribution is -2.08. The largest absolute Gasteiger partial charge is 0.497 e. The monoisotopic (exact) mass is 656 g/mol. The van der Waals surface area contributed by atoms with Crippen LogP contribution >= 0.6 is 0 Å². The first-order chi connectivity index (χ1) is 24.5. The van der Waals surface area contributed by atoms with Gasteiger partial charge in [0.15, 0.2) is 0 Å². The van der Waals surface area contributed by atoms with E-state index in [9.17, 15) is 9.59 Å². The molecule has 0 radical (unpaired) electrons. The minimum absolute atomic E-state index is 0.369. The molecule has 8 rings (SSSR count). The highest BCUT2D eigenvalue weighted by Gasteiger charge is 2.20. The van der Waals surface area contributed by atoms with E-state index in [1.54, 1.807) is 74.9 Å². The third-order valence-corrected chi connectivity index (χ3v) is 8.63. The summed E-state index contributed by atoms with van der Waals surface area (Å²) in [4.78, 5) is 36.3. The predicted octanol–water partition coefficient (Wildman–Crippen LogP) is 9.21. The summed E-state index contributed by atoms with van der Waals surface area (Å²) in [5, 5.41) is 3.36. The van der Waals surface area contributed by atoms with Crippen molar-refractivity contribution in [1.29, 1.82) is 0 Å². The topological polar surface area (TPSA) is 96.8 Å². The Kier molecular flexibility index (Phi) is 7.73. The number of benzene rings is 6. The smallest absolute Gasteiger partial charge is 0.343 e. The van der Waals surface area contributed by atoms with Gasteiger partial charge in [0, 0.05) is 32.7 Å². The molecule has 6 aromatic carbocycles. The van der Waals surface area contributed by atoms with E-state index in [-0.39, 0.29) is 0 Å². The lowest BCUT2D eigenvalue weighted by Gasteiger charge is -2.17. The maximum atomic E-state index is 13.2. The number of pyridine rings is 2. The van der Waals surface area contributed by atoms with Gasteiger partial charge in [-0.05, 0) is 97.1 Å². The average molecular weight is 657 g/mol. The molecule has 0 fully saturated rings. The van der Waals surface area contributed by atoms with Crippen LogP contribution in [0.1, 0.15) is 20.7 Å². The van der Waals surface area contributed by atoms with Crippen LogP contribution < -0.4 is 18.9 Å². The zero-order valence-corrected chi connectivity index (χ0v) is 27.0. The Morgan fingerprint density at radius 3 is 1.18 bits per heavy atom. The number of methoxy groups -OCH3 is 2. The molecular weight excluding hydrogens is 628 g/mol. The Hall–Kier alpha value is -6.80. The molecule has 8 nitrogen and oxygen atoms in total. The number of hydrogen-bond donors (Lipinski definition) is 0. The van der Waals surface area contributed by atoms with Crippen LogP contribution in [0, 0.1) is 0 Å². The van der Waals surface area contributed by atoms with E-state index in [1.165, 1.54) is 0 Å². The molecule has 0 saturated heterocycles. The van der Waals surface area contributed by atoms with E-state index in [4.69, 9.17) is 28.9 Å². The van der Waals surface area contributed by atoms with E-state index in [1.807, 2.05) is 72.8 Å². The quantitative estimate of drug-likeness (QED) is 0.0952. The highest BCUT2D eigenvalue weighted by Crippen LogP contribution is 2.43. The number of carbonyl (C=O) groups excluding carboxylic acids is 2. The Morgan fingerprint density at radius 1 is 0.420 bits per heavy atom. The van der Waals surface area contributed by atoms with Crippen molar-refractivity contribution in [2.24, 2.45) is 0 Å². The zero-order valence-electron chi connectivity index (χ0n) is 27.0. The third kappa shape index (κ3) is 5.58. The fourth-order valence-corrected chi connectivity index (χ4v) is 6.19. The summed E-state index contributed by atoms with van der Waals surface area (Å²) in [5.74, 6) is 1.04. The first kappa shape index (κ1) is 30.5. The molecule has 0 aliphatic carbocycles. The van der Waals surface area contributed by atoms with Crippen LogP contribution in [0.25, 0.3) is 54.7 Å². The molecule has 50 heavy (non-hydrogen) atoms. The van der Waals surface area contributed by atoms with Crippen molar-refractivity contribution < 1.29 is 28.5 Å². The van der Waals surface area contributed by atoms with Crippen LogP contribution in [0.5, 0.6) is 23.0 Å². The molecule has 0 saturated carbocycles. The van der Waals surface area contributed by atoms with Gasteiger partial charge in [-0.2, -0.15) is 0 Å².